The van der Waals surface area contributed by atoms with E-state index in [2.05, 4.69) is 0 Å². The average molecular weight is 281 g/mol. The van der Waals surface area contributed by atoms with E-state index in [4.69, 9.17) is 34.7 Å². The summed E-state index contributed by atoms with van der Waals surface area (Å²) in [6, 6.07) is 14.8. The summed E-state index contributed by atoms with van der Waals surface area (Å²) >= 11 is 11.8. The molecule has 0 aromatic heterocycles. The predicted octanol–water partition coefficient (Wildman–Crippen LogP) is 3.15. The van der Waals surface area contributed by atoms with Crippen LogP contribution in [-0.4, -0.2) is 6.54 Å². The van der Waals surface area contributed by atoms with Crippen molar-refractivity contribution in [2.24, 2.45) is 11.5 Å². The quantitative estimate of drug-likeness (QED) is 0.908. The Morgan fingerprint density at radius 1 is 0.778 bits per heavy atom. The smallest absolute Gasteiger partial charge is 0.0790 e. The van der Waals surface area contributed by atoms with Crippen molar-refractivity contribution in [2.75, 3.05) is 6.54 Å². The third-order valence-electron chi connectivity index (χ3n) is 3.04. The second-order valence-corrected chi connectivity index (χ2v) is 5.06. The summed E-state index contributed by atoms with van der Waals surface area (Å²) in [5.41, 5.74) is 13.4. The molecule has 2 aromatic rings. The first kappa shape index (κ1) is 13.4. The fraction of sp³-hybridized carbons (Fsp3) is 0.143. The number of hydrogen-bond acceptors (Lipinski definition) is 2. The maximum atomic E-state index is 6.43. The second kappa shape index (κ2) is 5.29. The Morgan fingerprint density at radius 2 is 1.11 bits per heavy atom. The zero-order chi connectivity index (χ0) is 13.2. The zero-order valence-corrected chi connectivity index (χ0v) is 11.2. The summed E-state index contributed by atoms with van der Waals surface area (Å²) in [4.78, 5) is 0. The first-order valence-corrected chi connectivity index (χ1v) is 6.33. The van der Waals surface area contributed by atoms with Gasteiger partial charge < -0.3 is 11.5 Å². The standard InChI is InChI=1S/C14H14Cl2N2/c15-12-5-1-10(2-6-12)14(18,9-17)11-3-7-13(16)8-4-11/h1-8H,9,17-18H2. The van der Waals surface area contributed by atoms with Crippen molar-refractivity contribution < 1.29 is 0 Å². The van der Waals surface area contributed by atoms with Crippen molar-refractivity contribution in [3.63, 3.8) is 0 Å². The molecular formula is C14H14Cl2N2. The Labute approximate surface area is 117 Å². The van der Waals surface area contributed by atoms with Gasteiger partial charge in [-0.05, 0) is 35.4 Å². The van der Waals surface area contributed by atoms with Gasteiger partial charge in [0.1, 0.15) is 0 Å². The molecule has 4 heteroatoms. The number of rotatable bonds is 3. The van der Waals surface area contributed by atoms with Gasteiger partial charge in [-0.2, -0.15) is 0 Å². The molecule has 0 aliphatic carbocycles. The first-order valence-electron chi connectivity index (χ1n) is 5.57. The van der Waals surface area contributed by atoms with Crippen LogP contribution in [0, 0.1) is 0 Å². The van der Waals surface area contributed by atoms with Crippen LogP contribution in [0.25, 0.3) is 0 Å². The number of hydrogen-bond donors (Lipinski definition) is 2. The molecule has 0 heterocycles. The Balaban J connectivity index is 2.47. The molecule has 0 unspecified atom stereocenters. The van der Waals surface area contributed by atoms with Gasteiger partial charge in [0.25, 0.3) is 0 Å². The van der Waals surface area contributed by atoms with Crippen LogP contribution in [-0.2, 0) is 5.54 Å². The predicted molar refractivity (Wildman–Crippen MR) is 76.9 cm³/mol. The van der Waals surface area contributed by atoms with E-state index >= 15 is 0 Å². The molecule has 0 saturated heterocycles. The van der Waals surface area contributed by atoms with Gasteiger partial charge in [-0.3, -0.25) is 0 Å². The summed E-state index contributed by atoms with van der Waals surface area (Å²) in [5.74, 6) is 0. The van der Waals surface area contributed by atoms with E-state index in [1.165, 1.54) is 0 Å². The molecule has 2 aromatic carbocycles. The monoisotopic (exact) mass is 280 g/mol. The SMILES string of the molecule is NCC(N)(c1ccc(Cl)cc1)c1ccc(Cl)cc1. The van der Waals surface area contributed by atoms with Gasteiger partial charge in [-0.1, -0.05) is 47.5 Å². The van der Waals surface area contributed by atoms with Crippen LogP contribution in [0.3, 0.4) is 0 Å². The topological polar surface area (TPSA) is 52.0 Å². The third-order valence-corrected chi connectivity index (χ3v) is 3.54. The van der Waals surface area contributed by atoms with E-state index in [0.29, 0.717) is 16.6 Å². The van der Waals surface area contributed by atoms with E-state index in [9.17, 15) is 0 Å². The Hall–Kier alpha value is -1.06. The fourth-order valence-corrected chi connectivity index (χ4v) is 2.15. The van der Waals surface area contributed by atoms with E-state index in [0.717, 1.165) is 11.1 Å². The van der Waals surface area contributed by atoms with Crippen molar-refractivity contribution >= 4 is 23.2 Å². The van der Waals surface area contributed by atoms with E-state index in [-0.39, 0.29) is 0 Å². The molecule has 0 aliphatic heterocycles. The van der Waals surface area contributed by atoms with Crippen LogP contribution >= 0.6 is 23.2 Å². The van der Waals surface area contributed by atoms with Gasteiger partial charge in [0, 0.05) is 16.6 Å². The normalized spacial score (nSPS) is 11.6. The molecule has 0 spiro atoms. The average Bonchev–Trinajstić information content (AvgIpc) is 2.39. The highest BCUT2D eigenvalue weighted by Gasteiger charge is 2.27. The van der Waals surface area contributed by atoms with Crippen LogP contribution in [0.15, 0.2) is 48.5 Å². The van der Waals surface area contributed by atoms with Crippen molar-refractivity contribution in [1.82, 2.24) is 0 Å². The van der Waals surface area contributed by atoms with Crippen molar-refractivity contribution in [3.8, 4) is 0 Å². The van der Waals surface area contributed by atoms with Crippen LogP contribution in [0.2, 0.25) is 10.0 Å². The van der Waals surface area contributed by atoms with Crippen LogP contribution in [0.4, 0.5) is 0 Å². The minimum absolute atomic E-state index is 0.302. The summed E-state index contributed by atoms with van der Waals surface area (Å²) in [6.07, 6.45) is 0. The van der Waals surface area contributed by atoms with Crippen molar-refractivity contribution in [1.29, 1.82) is 0 Å². The van der Waals surface area contributed by atoms with Gasteiger partial charge in [0.15, 0.2) is 0 Å². The minimum Gasteiger partial charge on any atom is -0.328 e. The molecule has 0 amide bonds. The second-order valence-electron chi connectivity index (χ2n) is 4.19. The number of benzene rings is 2. The van der Waals surface area contributed by atoms with Gasteiger partial charge in [-0.15, -0.1) is 0 Å². The summed E-state index contributed by atoms with van der Waals surface area (Å²) in [6.45, 7) is 0.302. The molecule has 18 heavy (non-hydrogen) atoms. The third kappa shape index (κ3) is 2.52. The molecule has 0 atom stereocenters. The van der Waals surface area contributed by atoms with E-state index in [1.807, 2.05) is 48.5 Å². The number of nitrogens with two attached hydrogens (primary N) is 2. The number of halogens is 2. The molecule has 94 valence electrons. The van der Waals surface area contributed by atoms with Crippen LogP contribution in [0.5, 0.6) is 0 Å². The summed E-state index contributed by atoms with van der Waals surface area (Å²) < 4.78 is 0. The Morgan fingerprint density at radius 3 is 1.39 bits per heavy atom. The van der Waals surface area contributed by atoms with E-state index < -0.39 is 5.54 Å². The van der Waals surface area contributed by atoms with Gasteiger partial charge >= 0.3 is 0 Å². The zero-order valence-electron chi connectivity index (χ0n) is 9.74. The fourth-order valence-electron chi connectivity index (χ4n) is 1.90. The minimum atomic E-state index is -0.727. The molecule has 0 bridgehead atoms. The Kier molecular flexibility index (Phi) is 3.93. The van der Waals surface area contributed by atoms with Gasteiger partial charge in [0.2, 0.25) is 0 Å². The molecular weight excluding hydrogens is 267 g/mol. The molecule has 4 N–H and O–H groups in total. The lowest BCUT2D eigenvalue weighted by atomic mass is 9.84. The lowest BCUT2D eigenvalue weighted by Crippen LogP contribution is -2.45. The molecule has 0 radical (unpaired) electrons. The van der Waals surface area contributed by atoms with Crippen LogP contribution in [0.1, 0.15) is 11.1 Å². The lowest BCUT2D eigenvalue weighted by Gasteiger charge is -2.29. The maximum absolute atomic E-state index is 6.43. The summed E-state index contributed by atoms with van der Waals surface area (Å²) in [7, 11) is 0. The molecule has 0 aliphatic rings. The highest BCUT2D eigenvalue weighted by atomic mass is 35.5. The van der Waals surface area contributed by atoms with Crippen molar-refractivity contribution in [3.05, 3.63) is 69.7 Å². The van der Waals surface area contributed by atoms with Gasteiger partial charge in [-0.25, -0.2) is 0 Å². The molecule has 0 fully saturated rings. The highest BCUT2D eigenvalue weighted by Crippen LogP contribution is 2.28. The highest BCUT2D eigenvalue weighted by molar-refractivity contribution is 6.30. The Bertz CT molecular complexity index is 475. The molecule has 2 rings (SSSR count). The van der Waals surface area contributed by atoms with E-state index in [1.54, 1.807) is 0 Å². The largest absolute Gasteiger partial charge is 0.328 e. The van der Waals surface area contributed by atoms with Crippen LogP contribution < -0.4 is 11.5 Å². The first-order chi connectivity index (χ1) is 8.56. The summed E-state index contributed by atoms with van der Waals surface area (Å²) in [5, 5.41) is 1.35. The lowest BCUT2D eigenvalue weighted by molar-refractivity contribution is 0.552. The maximum Gasteiger partial charge on any atom is 0.0790 e. The molecule has 0 saturated carbocycles. The van der Waals surface area contributed by atoms with Gasteiger partial charge in [0.05, 0.1) is 5.54 Å². The van der Waals surface area contributed by atoms with Crippen molar-refractivity contribution in [2.45, 2.75) is 5.54 Å². The molecule has 2 nitrogen and oxygen atoms in total.